The van der Waals surface area contributed by atoms with E-state index in [0.29, 0.717) is 29.4 Å². The maximum absolute atomic E-state index is 18.2. The third-order valence-corrected chi connectivity index (χ3v) is 13.6. The summed E-state index contributed by atoms with van der Waals surface area (Å²) in [6, 6.07) is 22.9. The smallest absolute Gasteiger partial charge is 0.418 e. The molecule has 2 aliphatic heterocycles. The van der Waals surface area contributed by atoms with Gasteiger partial charge in [-0.1, -0.05) is 48.0 Å². The fraction of sp³-hybridized carbons (Fsp3) is 0.340. The van der Waals surface area contributed by atoms with Crippen molar-refractivity contribution in [2.24, 2.45) is 0 Å². The zero-order valence-corrected chi connectivity index (χ0v) is 41.4. The minimum absolute atomic E-state index is 0.0257. The molecular formula is C53H54ClF4N9O5. The lowest BCUT2D eigenvalue weighted by atomic mass is 9.98. The summed E-state index contributed by atoms with van der Waals surface area (Å²) in [5, 5.41) is 3.06. The SMILES string of the molecule is COc1ccc(CNc2ncncc2[C@@H](C)N2CCOc3c(Cl)c(-c4nc(N(Cc5ccc(OC)cc5)Cc5ccc(OC)cc5)cc(C)c4C(F)(F)F)c(F)c4nc(OC[C@@H]5CCCN5C)nc2c34)cc1. The van der Waals surface area contributed by atoms with Gasteiger partial charge in [-0.15, -0.1) is 0 Å². The number of nitrogens with one attached hydrogen (secondary N) is 1. The first-order valence-electron chi connectivity index (χ1n) is 23.5. The first kappa shape index (κ1) is 49.8. The zero-order chi connectivity index (χ0) is 50.7. The molecule has 1 saturated heterocycles. The molecule has 19 heteroatoms. The maximum atomic E-state index is 18.2. The molecule has 0 bridgehead atoms. The predicted molar refractivity (Wildman–Crippen MR) is 268 cm³/mol. The molecule has 3 aromatic heterocycles. The zero-order valence-electron chi connectivity index (χ0n) is 40.7. The molecule has 72 heavy (non-hydrogen) atoms. The highest BCUT2D eigenvalue weighted by atomic mass is 35.5. The van der Waals surface area contributed by atoms with Crippen molar-refractivity contribution in [1.82, 2.24) is 29.8 Å². The first-order valence-corrected chi connectivity index (χ1v) is 23.8. The summed E-state index contributed by atoms with van der Waals surface area (Å²) in [7, 11) is 6.73. The number of halogens is 5. The number of alkyl halides is 3. The molecule has 0 radical (unpaired) electrons. The van der Waals surface area contributed by atoms with Crippen molar-refractivity contribution < 1.29 is 41.2 Å². The van der Waals surface area contributed by atoms with Gasteiger partial charge in [0.25, 0.3) is 0 Å². The quantitative estimate of drug-likeness (QED) is 0.0868. The summed E-state index contributed by atoms with van der Waals surface area (Å²) in [5.41, 5.74) is 0.223. The van der Waals surface area contributed by atoms with Gasteiger partial charge in [-0.05, 0) is 105 Å². The van der Waals surface area contributed by atoms with Gasteiger partial charge in [0.1, 0.15) is 59.8 Å². The van der Waals surface area contributed by atoms with Crippen LogP contribution in [0, 0.1) is 12.7 Å². The summed E-state index contributed by atoms with van der Waals surface area (Å²) < 4.78 is 93.7. The van der Waals surface area contributed by atoms with Gasteiger partial charge in [-0.2, -0.15) is 23.1 Å². The van der Waals surface area contributed by atoms with Gasteiger partial charge in [0.05, 0.1) is 61.1 Å². The number of ether oxygens (including phenoxy) is 5. The number of likely N-dealkylation sites (tertiary alicyclic amines) is 1. The van der Waals surface area contributed by atoms with Crippen LogP contribution in [0.5, 0.6) is 29.0 Å². The lowest BCUT2D eigenvalue weighted by Crippen LogP contribution is -2.32. The van der Waals surface area contributed by atoms with E-state index in [1.165, 1.54) is 19.3 Å². The van der Waals surface area contributed by atoms with Crippen molar-refractivity contribution in [3.63, 3.8) is 0 Å². The molecule has 5 heterocycles. The van der Waals surface area contributed by atoms with E-state index in [-0.39, 0.29) is 78.8 Å². The van der Waals surface area contributed by atoms with Crippen molar-refractivity contribution in [3.05, 3.63) is 136 Å². The molecule has 2 aliphatic rings. The van der Waals surface area contributed by atoms with E-state index in [1.54, 1.807) is 51.8 Å². The van der Waals surface area contributed by atoms with Crippen LogP contribution in [0.2, 0.25) is 5.02 Å². The third kappa shape index (κ3) is 10.4. The second-order valence-electron chi connectivity index (χ2n) is 17.8. The normalized spacial score (nSPS) is 15.2. The molecule has 0 saturated carbocycles. The van der Waals surface area contributed by atoms with Gasteiger partial charge in [0.15, 0.2) is 11.6 Å². The van der Waals surface area contributed by atoms with E-state index in [0.717, 1.165) is 41.8 Å². The number of rotatable bonds is 17. The number of aryl methyl sites for hydroxylation is 1. The van der Waals surface area contributed by atoms with Crippen molar-refractivity contribution in [3.8, 4) is 40.3 Å². The van der Waals surface area contributed by atoms with Crippen LogP contribution in [0.4, 0.5) is 35.0 Å². The molecular weight excluding hydrogens is 954 g/mol. The topological polar surface area (TPSA) is 132 Å². The van der Waals surface area contributed by atoms with Gasteiger partial charge in [0, 0.05) is 37.4 Å². The number of methoxy groups -OCH3 is 3. The molecule has 4 aromatic carbocycles. The minimum Gasteiger partial charge on any atom is -0.497 e. The second-order valence-corrected chi connectivity index (χ2v) is 18.2. The van der Waals surface area contributed by atoms with Crippen molar-refractivity contribution >= 4 is 40.0 Å². The number of aromatic nitrogens is 5. The van der Waals surface area contributed by atoms with Crippen LogP contribution in [0.25, 0.3) is 22.2 Å². The Morgan fingerprint density at radius 3 is 2.08 bits per heavy atom. The third-order valence-electron chi connectivity index (χ3n) is 13.3. The average Bonchev–Trinajstić information content (AvgIpc) is 3.70. The second kappa shape index (κ2) is 21.3. The number of nitrogens with zero attached hydrogens (tertiary/aromatic N) is 8. The van der Waals surface area contributed by atoms with Gasteiger partial charge < -0.3 is 43.7 Å². The fourth-order valence-electron chi connectivity index (χ4n) is 9.31. The van der Waals surface area contributed by atoms with Crippen LogP contribution < -0.4 is 38.8 Å². The summed E-state index contributed by atoms with van der Waals surface area (Å²) in [6.45, 7) is 5.32. The van der Waals surface area contributed by atoms with Gasteiger partial charge in [0.2, 0.25) is 0 Å². The molecule has 1 N–H and O–H groups in total. The molecule has 0 spiro atoms. The Hall–Kier alpha value is -7.18. The number of hydrogen-bond donors (Lipinski definition) is 1. The Kier molecular flexibility index (Phi) is 14.7. The van der Waals surface area contributed by atoms with Crippen LogP contribution in [0.3, 0.4) is 0 Å². The van der Waals surface area contributed by atoms with Crippen LogP contribution in [0.1, 0.15) is 59.2 Å². The highest BCUT2D eigenvalue weighted by molar-refractivity contribution is 6.36. The van der Waals surface area contributed by atoms with Crippen molar-refractivity contribution in [2.75, 3.05) is 69.8 Å². The predicted octanol–water partition coefficient (Wildman–Crippen LogP) is 10.9. The van der Waals surface area contributed by atoms with E-state index < -0.39 is 39.9 Å². The van der Waals surface area contributed by atoms with E-state index >= 15 is 17.6 Å². The maximum Gasteiger partial charge on any atom is 0.418 e. The standard InChI is InChI=1S/C53H54ClF4N9O5/c1-31-24-41(66(27-34-11-17-38(69-5)18-12-34)28-35-13-19-39(70-6)20-14-35)62-47(44(31)53(56,57)58)42-45(54)49-43-48(46(42)55)63-52(72-29-36-8-7-21-65(36)3)64-51(43)67(22-23-71-49)32(2)40-26-59-30-61-50(40)60-25-33-9-15-37(68-4)16-10-33/h9-20,24,26,30,32,36H,7-8,21-23,25,27-29H2,1-6H3,(H,59,60,61)/t32-,36+/m1/s1. The van der Waals surface area contributed by atoms with Gasteiger partial charge in [-0.25, -0.2) is 19.3 Å². The Morgan fingerprint density at radius 1 is 0.875 bits per heavy atom. The number of anilines is 3. The molecule has 1 fully saturated rings. The Balaban J connectivity index is 1.19. The van der Waals surface area contributed by atoms with Crippen LogP contribution in [0.15, 0.2) is 91.4 Å². The number of hydrogen-bond acceptors (Lipinski definition) is 14. The highest BCUT2D eigenvalue weighted by Crippen LogP contribution is 2.51. The Bertz CT molecular complexity index is 2990. The van der Waals surface area contributed by atoms with Crippen LogP contribution >= 0.6 is 11.6 Å². The molecule has 376 valence electrons. The fourth-order valence-corrected chi connectivity index (χ4v) is 9.63. The molecule has 0 unspecified atom stereocenters. The highest BCUT2D eigenvalue weighted by Gasteiger charge is 2.41. The largest absolute Gasteiger partial charge is 0.497 e. The number of benzene rings is 4. The van der Waals surface area contributed by atoms with Crippen molar-refractivity contribution in [1.29, 1.82) is 0 Å². The molecule has 9 rings (SSSR count). The molecule has 7 aromatic rings. The van der Waals surface area contributed by atoms with Gasteiger partial charge in [-0.3, -0.25) is 0 Å². The molecule has 2 atom stereocenters. The average molecular weight is 1010 g/mol. The number of pyridine rings is 1. The first-order chi connectivity index (χ1) is 34.7. The summed E-state index contributed by atoms with van der Waals surface area (Å²) in [6.07, 6.45) is -0.0357. The monoisotopic (exact) mass is 1010 g/mol. The van der Waals surface area contributed by atoms with Gasteiger partial charge >= 0.3 is 12.2 Å². The van der Waals surface area contributed by atoms with Crippen molar-refractivity contribution in [2.45, 2.75) is 64.6 Å². The molecule has 14 nitrogen and oxygen atoms in total. The van der Waals surface area contributed by atoms with Crippen LogP contribution in [-0.2, 0) is 25.8 Å². The lowest BCUT2D eigenvalue weighted by Gasteiger charge is -2.30. The Morgan fingerprint density at radius 2 is 1.50 bits per heavy atom. The summed E-state index contributed by atoms with van der Waals surface area (Å²) in [4.78, 5) is 29.1. The van der Waals surface area contributed by atoms with E-state index in [9.17, 15) is 0 Å². The van der Waals surface area contributed by atoms with E-state index in [2.05, 4.69) is 25.2 Å². The summed E-state index contributed by atoms with van der Waals surface area (Å²) in [5.74, 6) is 1.63. The van der Waals surface area contributed by atoms with E-state index in [4.69, 9.17) is 45.3 Å². The van der Waals surface area contributed by atoms with E-state index in [1.807, 2.05) is 72.3 Å². The molecule has 0 aliphatic carbocycles. The molecule has 0 amide bonds. The lowest BCUT2D eigenvalue weighted by molar-refractivity contribution is -0.137. The minimum atomic E-state index is -5.00. The van der Waals surface area contributed by atoms with Crippen LogP contribution in [-0.4, -0.2) is 90.5 Å². The Labute approximate surface area is 419 Å². The number of likely N-dealkylation sites (N-methyl/N-ethyl adjacent to an activating group) is 1. The summed E-state index contributed by atoms with van der Waals surface area (Å²) >= 11 is 7.26.